The lowest BCUT2D eigenvalue weighted by molar-refractivity contribution is 0.612. The minimum absolute atomic E-state index is 0.198. The Balaban J connectivity index is 2.79. The van der Waals surface area contributed by atoms with Gasteiger partial charge in [-0.15, -0.1) is 12.3 Å². The van der Waals surface area contributed by atoms with Gasteiger partial charge in [-0.25, -0.2) is 9.78 Å². The van der Waals surface area contributed by atoms with Crippen LogP contribution in [0.4, 0.5) is 0 Å². The van der Waals surface area contributed by atoms with Crippen LogP contribution in [0.15, 0.2) is 26.0 Å². The van der Waals surface area contributed by atoms with Gasteiger partial charge >= 0.3 is 5.69 Å². The summed E-state index contributed by atoms with van der Waals surface area (Å²) in [4.78, 5) is 29.2. The highest BCUT2D eigenvalue weighted by atomic mass is 79.9. The van der Waals surface area contributed by atoms with Crippen LogP contribution < -0.4 is 11.2 Å². The second-order valence-corrected chi connectivity index (χ2v) is 5.91. The molecule has 0 saturated carbocycles. The first-order valence-electron chi connectivity index (χ1n) is 6.80. The highest BCUT2D eigenvalue weighted by Crippen LogP contribution is 2.16. The molecule has 0 aliphatic carbocycles. The number of halogens is 1. The second kappa shape index (κ2) is 6.36. The molecule has 2 aromatic heterocycles. The van der Waals surface area contributed by atoms with Crippen LogP contribution in [0.2, 0.25) is 0 Å². The van der Waals surface area contributed by atoms with Crippen molar-refractivity contribution in [3.05, 3.63) is 37.2 Å². The van der Waals surface area contributed by atoms with Gasteiger partial charge in [0.25, 0.3) is 5.56 Å². The number of rotatable bonds is 4. The third-order valence-electron chi connectivity index (χ3n) is 3.35. The molecule has 116 valence electrons. The third kappa shape index (κ3) is 2.79. The van der Waals surface area contributed by atoms with Crippen LogP contribution in [0, 0.1) is 12.3 Å². The van der Waals surface area contributed by atoms with Crippen LogP contribution in [-0.4, -0.2) is 18.7 Å². The molecule has 0 unspecified atom stereocenters. The molecular weight excluding hydrogens is 348 g/mol. The Morgan fingerprint density at radius 3 is 2.64 bits per heavy atom. The number of aromatic nitrogens is 4. The molecule has 0 atom stereocenters. The number of imidazole rings is 1. The Morgan fingerprint density at radius 2 is 2.05 bits per heavy atom. The van der Waals surface area contributed by atoms with E-state index in [1.54, 1.807) is 11.6 Å². The lowest BCUT2D eigenvalue weighted by Gasteiger charge is -2.08. The topological polar surface area (TPSA) is 61.8 Å². The summed E-state index contributed by atoms with van der Waals surface area (Å²) in [6.45, 7) is 4.66. The molecule has 6 nitrogen and oxygen atoms in total. The fourth-order valence-corrected chi connectivity index (χ4v) is 2.65. The van der Waals surface area contributed by atoms with Crippen LogP contribution in [-0.2, 0) is 20.1 Å². The van der Waals surface area contributed by atoms with Gasteiger partial charge in [-0.2, -0.15) is 0 Å². The van der Waals surface area contributed by atoms with E-state index in [-0.39, 0.29) is 12.1 Å². The van der Waals surface area contributed by atoms with Crippen molar-refractivity contribution in [1.82, 2.24) is 18.7 Å². The zero-order valence-electron chi connectivity index (χ0n) is 12.8. The third-order valence-corrected chi connectivity index (χ3v) is 3.95. The normalized spacial score (nSPS) is 10.7. The molecule has 2 aromatic rings. The molecule has 0 aliphatic heterocycles. The fourth-order valence-electron chi connectivity index (χ4n) is 2.16. The van der Waals surface area contributed by atoms with Crippen molar-refractivity contribution in [3.63, 3.8) is 0 Å². The van der Waals surface area contributed by atoms with E-state index in [4.69, 9.17) is 6.42 Å². The molecular formula is C15H17BrN4O2. The molecule has 0 fully saturated rings. The average molecular weight is 365 g/mol. The maximum atomic E-state index is 12.7. The van der Waals surface area contributed by atoms with Gasteiger partial charge in [-0.1, -0.05) is 11.6 Å². The van der Waals surface area contributed by atoms with Crippen molar-refractivity contribution < 1.29 is 0 Å². The van der Waals surface area contributed by atoms with E-state index in [1.165, 1.54) is 4.57 Å². The van der Waals surface area contributed by atoms with Crippen LogP contribution in [0.3, 0.4) is 0 Å². The van der Waals surface area contributed by atoms with Gasteiger partial charge in [0.1, 0.15) is 0 Å². The number of terminal acetylenes is 1. The monoisotopic (exact) mass is 364 g/mol. The zero-order valence-corrected chi connectivity index (χ0v) is 14.3. The van der Waals surface area contributed by atoms with Crippen molar-refractivity contribution in [1.29, 1.82) is 0 Å². The summed E-state index contributed by atoms with van der Waals surface area (Å²) in [6, 6.07) is 0. The van der Waals surface area contributed by atoms with Crippen LogP contribution in [0.25, 0.3) is 11.2 Å². The molecule has 0 aromatic carbocycles. The molecule has 7 heteroatoms. The number of fused-ring (bicyclic) bond motifs is 1. The van der Waals surface area contributed by atoms with E-state index in [1.807, 2.05) is 19.9 Å². The Morgan fingerprint density at radius 1 is 1.36 bits per heavy atom. The molecule has 2 rings (SSSR count). The standard InChI is InChI=1S/C15H17BrN4O2/c1-5-6-8-20-13(21)11-12(18(4)15(20)22)17-14(16)19(11)9-7-10(2)3/h1,7H,6,8-9H2,2-4H3. The summed E-state index contributed by atoms with van der Waals surface area (Å²) >= 11 is 3.36. The molecule has 22 heavy (non-hydrogen) atoms. The maximum absolute atomic E-state index is 12.7. The first-order valence-corrected chi connectivity index (χ1v) is 7.60. The van der Waals surface area contributed by atoms with E-state index in [0.29, 0.717) is 28.9 Å². The molecule has 0 spiro atoms. The summed E-state index contributed by atoms with van der Waals surface area (Å²) < 4.78 is 4.80. The first kappa shape index (κ1) is 16.3. The number of nitrogens with zero attached hydrogens (tertiary/aromatic N) is 4. The molecule has 0 saturated heterocycles. The first-order chi connectivity index (χ1) is 10.4. The van der Waals surface area contributed by atoms with Gasteiger partial charge in [0.2, 0.25) is 0 Å². The second-order valence-electron chi connectivity index (χ2n) is 5.20. The Kier molecular flexibility index (Phi) is 4.71. The summed E-state index contributed by atoms with van der Waals surface area (Å²) in [5.74, 6) is 2.45. The molecule has 0 bridgehead atoms. The largest absolute Gasteiger partial charge is 0.332 e. The highest BCUT2D eigenvalue weighted by molar-refractivity contribution is 9.10. The smallest absolute Gasteiger partial charge is 0.309 e. The molecule has 0 amide bonds. The lowest BCUT2D eigenvalue weighted by Crippen LogP contribution is -2.39. The Hall–Kier alpha value is -2.07. The number of hydrogen-bond donors (Lipinski definition) is 0. The minimum atomic E-state index is -0.410. The van der Waals surface area contributed by atoms with Gasteiger partial charge in [0.05, 0.1) is 0 Å². The van der Waals surface area contributed by atoms with E-state index >= 15 is 0 Å². The SMILES string of the molecule is C#CCCn1c(=O)c2c(nc(Br)n2CC=C(C)C)n(C)c1=O. The van der Waals surface area contributed by atoms with E-state index in [9.17, 15) is 9.59 Å². The molecule has 0 N–H and O–H groups in total. The number of allylic oxidation sites excluding steroid dienone is 2. The van der Waals surface area contributed by atoms with Crippen molar-refractivity contribution in [2.45, 2.75) is 33.4 Å². The molecule has 2 heterocycles. The quantitative estimate of drug-likeness (QED) is 0.470. The predicted octanol–water partition coefficient (Wildman–Crippen LogP) is 1.65. The van der Waals surface area contributed by atoms with Gasteiger partial charge in [-0.05, 0) is 29.8 Å². The summed E-state index contributed by atoms with van der Waals surface area (Å²) in [7, 11) is 1.60. The summed E-state index contributed by atoms with van der Waals surface area (Å²) in [5.41, 5.74) is 1.11. The van der Waals surface area contributed by atoms with Crippen LogP contribution in [0.5, 0.6) is 0 Å². The number of aryl methyl sites for hydroxylation is 1. The Labute approximate surface area is 136 Å². The van der Waals surface area contributed by atoms with Crippen LogP contribution in [0.1, 0.15) is 20.3 Å². The zero-order chi connectivity index (χ0) is 16.4. The van der Waals surface area contributed by atoms with E-state index in [0.717, 1.165) is 10.1 Å². The summed E-state index contributed by atoms with van der Waals surface area (Å²) in [6.07, 6.45) is 7.55. The maximum Gasteiger partial charge on any atom is 0.332 e. The lowest BCUT2D eigenvalue weighted by atomic mass is 10.3. The number of hydrogen-bond acceptors (Lipinski definition) is 3. The van der Waals surface area contributed by atoms with Gasteiger partial charge < -0.3 is 4.57 Å². The van der Waals surface area contributed by atoms with E-state index < -0.39 is 5.69 Å². The Bertz CT molecular complexity index is 905. The highest BCUT2D eigenvalue weighted by Gasteiger charge is 2.18. The van der Waals surface area contributed by atoms with Crippen molar-refractivity contribution in [3.8, 4) is 12.3 Å². The molecule has 0 radical (unpaired) electrons. The average Bonchev–Trinajstić information content (AvgIpc) is 2.80. The summed E-state index contributed by atoms with van der Waals surface area (Å²) in [5, 5.41) is 0. The van der Waals surface area contributed by atoms with E-state index in [2.05, 4.69) is 26.8 Å². The van der Waals surface area contributed by atoms with Crippen molar-refractivity contribution in [2.24, 2.45) is 7.05 Å². The van der Waals surface area contributed by atoms with Crippen LogP contribution >= 0.6 is 15.9 Å². The minimum Gasteiger partial charge on any atom is -0.309 e. The molecule has 0 aliphatic rings. The fraction of sp³-hybridized carbons (Fsp3) is 0.400. The predicted molar refractivity (Wildman–Crippen MR) is 89.8 cm³/mol. The van der Waals surface area contributed by atoms with Gasteiger partial charge in [0, 0.05) is 26.6 Å². The van der Waals surface area contributed by atoms with Gasteiger partial charge in [-0.3, -0.25) is 13.9 Å². The van der Waals surface area contributed by atoms with Crippen molar-refractivity contribution in [2.75, 3.05) is 0 Å². The van der Waals surface area contributed by atoms with Crippen molar-refractivity contribution >= 4 is 27.1 Å². The van der Waals surface area contributed by atoms with Gasteiger partial charge in [0.15, 0.2) is 15.9 Å².